The number of benzene rings is 1. The molecule has 0 saturated heterocycles. The van der Waals surface area contributed by atoms with Gasteiger partial charge in [0.05, 0.1) is 10.0 Å². The number of nitrogens with one attached hydrogen (secondary N) is 1. The maximum absolute atomic E-state index is 5.89. The second-order valence-electron chi connectivity index (χ2n) is 3.46. The van der Waals surface area contributed by atoms with Crippen molar-refractivity contribution in [1.82, 2.24) is 9.97 Å². The molecule has 2 aromatic rings. The summed E-state index contributed by atoms with van der Waals surface area (Å²) in [5, 5.41) is 0.879. The highest BCUT2D eigenvalue weighted by Crippen LogP contribution is 2.29. The van der Waals surface area contributed by atoms with Crippen LogP contribution in [0.2, 0.25) is 10.0 Å². The van der Waals surface area contributed by atoms with Crippen molar-refractivity contribution in [2.45, 2.75) is 6.92 Å². The maximum Gasteiger partial charge on any atom is 0.224 e. The molecule has 0 bridgehead atoms. The van der Waals surface area contributed by atoms with Gasteiger partial charge >= 0.3 is 0 Å². The minimum Gasteiger partial charge on any atom is -0.439 e. The lowest BCUT2D eigenvalue weighted by molar-refractivity contribution is 0.460. The van der Waals surface area contributed by atoms with Crippen molar-refractivity contribution in [2.75, 3.05) is 5.43 Å². The van der Waals surface area contributed by atoms with Crippen LogP contribution in [0.15, 0.2) is 24.3 Å². The minimum atomic E-state index is 0.369. The molecule has 18 heavy (non-hydrogen) atoms. The van der Waals surface area contributed by atoms with Gasteiger partial charge in [0.1, 0.15) is 17.4 Å². The molecule has 0 aliphatic heterocycles. The van der Waals surface area contributed by atoms with Gasteiger partial charge in [0, 0.05) is 12.1 Å². The number of hydrazine groups is 1. The lowest BCUT2D eigenvalue weighted by Gasteiger charge is -2.08. The number of hydrogen-bond donors (Lipinski definition) is 2. The summed E-state index contributed by atoms with van der Waals surface area (Å²) in [7, 11) is 0. The summed E-state index contributed by atoms with van der Waals surface area (Å²) in [6.45, 7) is 1.74. The van der Waals surface area contributed by atoms with Crippen LogP contribution >= 0.6 is 23.2 Å². The molecular weight excluding hydrogens is 275 g/mol. The van der Waals surface area contributed by atoms with E-state index in [9.17, 15) is 0 Å². The first-order valence-corrected chi connectivity index (χ1v) is 5.79. The Morgan fingerprint density at radius 2 is 1.94 bits per heavy atom. The number of nitrogens with zero attached hydrogens (tertiary/aromatic N) is 2. The zero-order valence-corrected chi connectivity index (χ0v) is 11.0. The van der Waals surface area contributed by atoms with E-state index in [0.29, 0.717) is 33.3 Å². The lowest BCUT2D eigenvalue weighted by atomic mass is 10.3. The first-order valence-electron chi connectivity index (χ1n) is 5.03. The van der Waals surface area contributed by atoms with Crippen molar-refractivity contribution in [1.29, 1.82) is 0 Å². The SMILES string of the molecule is Cc1nc(NN)cc(Oc2ccc(Cl)c(Cl)c2)n1. The second kappa shape index (κ2) is 5.39. The van der Waals surface area contributed by atoms with E-state index in [4.69, 9.17) is 33.8 Å². The summed E-state index contributed by atoms with van der Waals surface area (Å²) in [6, 6.07) is 6.53. The fourth-order valence-corrected chi connectivity index (χ4v) is 1.62. The Balaban J connectivity index is 2.27. The Hall–Kier alpha value is -1.56. The van der Waals surface area contributed by atoms with E-state index in [2.05, 4.69) is 15.4 Å². The van der Waals surface area contributed by atoms with Crippen LogP contribution in [0.1, 0.15) is 5.82 Å². The molecule has 0 fully saturated rings. The molecule has 0 aliphatic rings. The van der Waals surface area contributed by atoms with Gasteiger partial charge in [-0.15, -0.1) is 0 Å². The van der Waals surface area contributed by atoms with Crippen LogP contribution in [-0.2, 0) is 0 Å². The van der Waals surface area contributed by atoms with Crippen molar-refractivity contribution in [3.05, 3.63) is 40.1 Å². The average Bonchev–Trinajstić information content (AvgIpc) is 2.33. The Morgan fingerprint density at radius 1 is 1.17 bits per heavy atom. The monoisotopic (exact) mass is 284 g/mol. The molecule has 3 N–H and O–H groups in total. The van der Waals surface area contributed by atoms with Crippen molar-refractivity contribution in [2.24, 2.45) is 5.84 Å². The molecule has 1 aromatic carbocycles. The molecule has 0 spiro atoms. The van der Waals surface area contributed by atoms with E-state index in [-0.39, 0.29) is 0 Å². The summed E-state index contributed by atoms with van der Waals surface area (Å²) in [5.41, 5.74) is 2.44. The quantitative estimate of drug-likeness (QED) is 0.669. The van der Waals surface area contributed by atoms with E-state index in [1.54, 1.807) is 31.2 Å². The van der Waals surface area contributed by atoms with Gasteiger partial charge in [-0.25, -0.2) is 10.8 Å². The Labute approximate surface area is 114 Å². The zero-order valence-electron chi connectivity index (χ0n) is 9.45. The number of aryl methyl sites for hydroxylation is 1. The molecule has 0 unspecified atom stereocenters. The lowest BCUT2D eigenvalue weighted by Crippen LogP contribution is -2.09. The van der Waals surface area contributed by atoms with Crippen molar-refractivity contribution < 1.29 is 4.74 Å². The molecule has 0 aliphatic carbocycles. The van der Waals surface area contributed by atoms with Crippen molar-refractivity contribution >= 4 is 29.0 Å². The first-order chi connectivity index (χ1) is 8.58. The minimum absolute atomic E-state index is 0.369. The molecule has 1 aromatic heterocycles. The van der Waals surface area contributed by atoms with Crippen LogP contribution in [0.4, 0.5) is 5.82 Å². The normalized spacial score (nSPS) is 10.2. The van der Waals surface area contributed by atoms with Gasteiger partial charge in [-0.1, -0.05) is 23.2 Å². The van der Waals surface area contributed by atoms with Gasteiger partial charge in [0.2, 0.25) is 5.88 Å². The van der Waals surface area contributed by atoms with Crippen molar-refractivity contribution in [3.63, 3.8) is 0 Å². The van der Waals surface area contributed by atoms with Crippen LogP contribution in [0.25, 0.3) is 0 Å². The first kappa shape index (κ1) is 12.9. The molecular formula is C11H10Cl2N4O. The van der Waals surface area contributed by atoms with Crippen LogP contribution < -0.4 is 16.0 Å². The van der Waals surface area contributed by atoms with Gasteiger partial charge < -0.3 is 10.2 Å². The summed E-state index contributed by atoms with van der Waals surface area (Å²) in [4.78, 5) is 8.18. The standard InChI is InChI=1S/C11H10Cl2N4O/c1-6-15-10(17-14)5-11(16-6)18-7-2-3-8(12)9(13)4-7/h2-5H,14H2,1H3,(H,15,16,17). The Bertz CT molecular complexity index is 577. The van der Waals surface area contributed by atoms with E-state index >= 15 is 0 Å². The predicted octanol–water partition coefficient (Wildman–Crippen LogP) is 3.17. The topological polar surface area (TPSA) is 73.1 Å². The number of halogens is 2. The number of anilines is 1. The van der Waals surface area contributed by atoms with Crippen LogP contribution in [0.5, 0.6) is 11.6 Å². The van der Waals surface area contributed by atoms with Crippen LogP contribution in [0.3, 0.4) is 0 Å². The highest BCUT2D eigenvalue weighted by molar-refractivity contribution is 6.42. The Kier molecular flexibility index (Phi) is 3.86. The molecule has 5 nitrogen and oxygen atoms in total. The average molecular weight is 285 g/mol. The van der Waals surface area contributed by atoms with Crippen LogP contribution in [0, 0.1) is 6.92 Å². The third kappa shape index (κ3) is 3.01. The zero-order chi connectivity index (χ0) is 13.1. The van der Waals surface area contributed by atoms with Gasteiger partial charge in [-0.2, -0.15) is 4.98 Å². The van der Waals surface area contributed by atoms with Gasteiger partial charge in [-0.05, 0) is 19.1 Å². The van der Waals surface area contributed by atoms with Gasteiger partial charge in [-0.3, -0.25) is 0 Å². The van der Waals surface area contributed by atoms with E-state index in [1.807, 2.05) is 0 Å². The fourth-order valence-electron chi connectivity index (χ4n) is 1.33. The second-order valence-corrected chi connectivity index (χ2v) is 4.28. The number of aromatic nitrogens is 2. The third-order valence-electron chi connectivity index (χ3n) is 2.08. The number of hydrogen-bond acceptors (Lipinski definition) is 5. The molecule has 0 radical (unpaired) electrons. The van der Waals surface area contributed by atoms with Crippen molar-refractivity contribution in [3.8, 4) is 11.6 Å². The fraction of sp³-hybridized carbons (Fsp3) is 0.0909. The highest BCUT2D eigenvalue weighted by atomic mass is 35.5. The van der Waals surface area contributed by atoms with Crippen LogP contribution in [-0.4, -0.2) is 9.97 Å². The Morgan fingerprint density at radius 3 is 2.61 bits per heavy atom. The van der Waals surface area contributed by atoms with E-state index < -0.39 is 0 Å². The van der Waals surface area contributed by atoms with E-state index in [1.165, 1.54) is 0 Å². The molecule has 94 valence electrons. The molecule has 0 saturated carbocycles. The highest BCUT2D eigenvalue weighted by Gasteiger charge is 2.05. The van der Waals surface area contributed by atoms with Gasteiger partial charge in [0.25, 0.3) is 0 Å². The smallest absolute Gasteiger partial charge is 0.224 e. The number of nitrogens with two attached hydrogens (primary N) is 1. The molecule has 2 rings (SSSR count). The largest absolute Gasteiger partial charge is 0.439 e. The maximum atomic E-state index is 5.89. The molecule has 0 atom stereocenters. The van der Waals surface area contributed by atoms with Gasteiger partial charge in [0.15, 0.2) is 0 Å². The summed E-state index contributed by atoms with van der Waals surface area (Å²) < 4.78 is 5.55. The predicted molar refractivity (Wildman–Crippen MR) is 71.1 cm³/mol. The van der Waals surface area contributed by atoms with E-state index in [0.717, 1.165) is 0 Å². The summed E-state index contributed by atoms with van der Waals surface area (Å²) in [6.07, 6.45) is 0. The molecule has 1 heterocycles. The number of nitrogen functional groups attached to an aromatic ring is 1. The molecule has 0 amide bonds. The summed E-state index contributed by atoms with van der Waals surface area (Å²) >= 11 is 11.7. The molecule has 7 heteroatoms. The number of rotatable bonds is 3. The third-order valence-corrected chi connectivity index (χ3v) is 2.81. The summed E-state index contributed by atoms with van der Waals surface area (Å²) in [5.74, 6) is 7.20. The number of ether oxygens (including phenoxy) is 1.